The van der Waals surface area contributed by atoms with Gasteiger partial charge in [-0.2, -0.15) is 0 Å². The van der Waals surface area contributed by atoms with Gasteiger partial charge >= 0.3 is 0 Å². The molecule has 2 fully saturated rings. The van der Waals surface area contributed by atoms with E-state index >= 15 is 0 Å². The van der Waals surface area contributed by atoms with Crippen LogP contribution in [-0.2, 0) is 0 Å². The minimum atomic E-state index is 0.655. The molecule has 0 aromatic heterocycles. The summed E-state index contributed by atoms with van der Waals surface area (Å²) in [7, 11) is 0. The predicted octanol–water partition coefficient (Wildman–Crippen LogP) is 3.11. The lowest BCUT2D eigenvalue weighted by molar-refractivity contribution is 0.160. The van der Waals surface area contributed by atoms with Crippen molar-refractivity contribution in [2.75, 3.05) is 25.4 Å². The molecule has 0 spiro atoms. The van der Waals surface area contributed by atoms with E-state index in [2.05, 4.69) is 24.1 Å². The van der Waals surface area contributed by atoms with Gasteiger partial charge in [0.25, 0.3) is 0 Å². The van der Waals surface area contributed by atoms with Gasteiger partial charge < -0.3 is 10.2 Å². The van der Waals surface area contributed by atoms with Gasteiger partial charge in [-0.05, 0) is 45.6 Å². The SMILES string of the molecule is CCC1CCSC(=NCCCN2CCCCC2C)N1. The molecule has 19 heavy (non-hydrogen) atoms. The minimum absolute atomic E-state index is 0.655. The summed E-state index contributed by atoms with van der Waals surface area (Å²) in [5.41, 5.74) is 0. The minimum Gasteiger partial charge on any atom is -0.362 e. The lowest BCUT2D eigenvalue weighted by Crippen LogP contribution is -2.38. The Morgan fingerprint density at radius 1 is 1.37 bits per heavy atom. The van der Waals surface area contributed by atoms with E-state index in [4.69, 9.17) is 4.99 Å². The molecule has 3 nitrogen and oxygen atoms in total. The largest absolute Gasteiger partial charge is 0.362 e. The molecule has 0 bridgehead atoms. The van der Waals surface area contributed by atoms with Crippen LogP contribution in [0.2, 0.25) is 0 Å². The topological polar surface area (TPSA) is 27.6 Å². The molecule has 2 atom stereocenters. The van der Waals surface area contributed by atoms with E-state index in [9.17, 15) is 0 Å². The molecule has 2 heterocycles. The molecule has 2 unspecified atom stereocenters. The summed E-state index contributed by atoms with van der Waals surface area (Å²) in [6.07, 6.45) is 7.88. The van der Waals surface area contributed by atoms with Crippen LogP contribution in [0.15, 0.2) is 4.99 Å². The standard InChI is InChI=1S/C15H29N3S/c1-3-14-8-12-19-15(17-14)16-9-6-11-18-10-5-4-7-13(18)2/h13-14H,3-12H2,1-2H3,(H,16,17). The highest BCUT2D eigenvalue weighted by Gasteiger charge is 2.17. The maximum atomic E-state index is 4.73. The van der Waals surface area contributed by atoms with Gasteiger partial charge in [-0.3, -0.25) is 4.99 Å². The maximum Gasteiger partial charge on any atom is 0.156 e. The average Bonchev–Trinajstić information content (AvgIpc) is 2.45. The molecule has 4 heteroatoms. The number of hydrogen-bond acceptors (Lipinski definition) is 3. The van der Waals surface area contributed by atoms with E-state index in [1.165, 1.54) is 62.5 Å². The van der Waals surface area contributed by atoms with Crippen LogP contribution in [0.5, 0.6) is 0 Å². The van der Waals surface area contributed by atoms with Gasteiger partial charge in [0.2, 0.25) is 0 Å². The van der Waals surface area contributed by atoms with Crippen LogP contribution in [0, 0.1) is 0 Å². The summed E-state index contributed by atoms with van der Waals surface area (Å²) in [4.78, 5) is 7.37. The Labute approximate surface area is 122 Å². The van der Waals surface area contributed by atoms with Crippen LogP contribution in [0.25, 0.3) is 0 Å². The molecule has 2 aliphatic rings. The monoisotopic (exact) mass is 283 g/mol. The molecule has 0 aromatic rings. The van der Waals surface area contributed by atoms with Gasteiger partial charge in [0, 0.05) is 30.9 Å². The van der Waals surface area contributed by atoms with Gasteiger partial charge in [0.05, 0.1) is 0 Å². The van der Waals surface area contributed by atoms with E-state index in [1.807, 2.05) is 11.8 Å². The maximum absolute atomic E-state index is 4.73. The zero-order chi connectivity index (χ0) is 13.5. The van der Waals surface area contributed by atoms with Crippen LogP contribution in [0.1, 0.15) is 52.4 Å². The van der Waals surface area contributed by atoms with Crippen LogP contribution >= 0.6 is 11.8 Å². The first-order valence-corrected chi connectivity index (χ1v) is 8.96. The third kappa shape index (κ3) is 4.99. The van der Waals surface area contributed by atoms with Crippen molar-refractivity contribution in [2.45, 2.75) is 64.5 Å². The molecule has 0 aromatic carbocycles. The van der Waals surface area contributed by atoms with Crippen molar-refractivity contribution in [1.82, 2.24) is 10.2 Å². The van der Waals surface area contributed by atoms with Gasteiger partial charge in [-0.25, -0.2) is 0 Å². The molecule has 0 aliphatic carbocycles. The average molecular weight is 283 g/mol. The van der Waals surface area contributed by atoms with Crippen molar-refractivity contribution in [3.8, 4) is 0 Å². The molecule has 110 valence electrons. The van der Waals surface area contributed by atoms with Gasteiger partial charge in [0.1, 0.15) is 0 Å². The molecule has 1 N–H and O–H groups in total. The van der Waals surface area contributed by atoms with Crippen LogP contribution in [0.4, 0.5) is 0 Å². The fourth-order valence-electron chi connectivity index (χ4n) is 2.93. The number of likely N-dealkylation sites (tertiary alicyclic amines) is 1. The summed E-state index contributed by atoms with van der Waals surface area (Å²) in [5.74, 6) is 1.23. The lowest BCUT2D eigenvalue weighted by Gasteiger charge is -2.33. The number of amidine groups is 1. The first-order chi connectivity index (χ1) is 9.29. The van der Waals surface area contributed by atoms with Crippen LogP contribution in [-0.4, -0.2) is 47.5 Å². The lowest BCUT2D eigenvalue weighted by atomic mass is 10.0. The van der Waals surface area contributed by atoms with Crippen molar-refractivity contribution in [3.63, 3.8) is 0 Å². The number of piperidine rings is 1. The van der Waals surface area contributed by atoms with Crippen molar-refractivity contribution < 1.29 is 0 Å². The van der Waals surface area contributed by atoms with Gasteiger partial charge in [0.15, 0.2) is 5.17 Å². The summed E-state index contributed by atoms with van der Waals surface area (Å²) in [6.45, 7) is 8.12. The van der Waals surface area contributed by atoms with E-state index < -0.39 is 0 Å². The highest BCUT2D eigenvalue weighted by molar-refractivity contribution is 8.13. The van der Waals surface area contributed by atoms with Crippen molar-refractivity contribution >= 4 is 16.9 Å². The molecule has 0 amide bonds. The highest BCUT2D eigenvalue weighted by Crippen LogP contribution is 2.17. The first-order valence-electron chi connectivity index (χ1n) is 7.97. The Morgan fingerprint density at radius 3 is 3.05 bits per heavy atom. The number of aliphatic imine (C=N–C) groups is 1. The first kappa shape index (κ1) is 15.2. The summed E-state index contributed by atoms with van der Waals surface area (Å²) < 4.78 is 0. The molecule has 0 radical (unpaired) electrons. The molecular weight excluding hydrogens is 254 g/mol. The van der Waals surface area contributed by atoms with Gasteiger partial charge in [-0.1, -0.05) is 25.1 Å². The second-order valence-corrected chi connectivity index (χ2v) is 6.89. The quantitative estimate of drug-likeness (QED) is 0.786. The molecule has 0 saturated carbocycles. The summed E-state index contributed by atoms with van der Waals surface area (Å²) in [5, 5.41) is 4.73. The Bertz CT molecular complexity index is 293. The third-order valence-corrected chi connectivity index (χ3v) is 5.29. The van der Waals surface area contributed by atoms with E-state index in [0.717, 1.165) is 12.6 Å². The molecule has 2 aliphatic heterocycles. The second-order valence-electron chi connectivity index (χ2n) is 5.81. The Hall–Kier alpha value is -0.220. The Morgan fingerprint density at radius 2 is 2.26 bits per heavy atom. The van der Waals surface area contributed by atoms with E-state index in [-0.39, 0.29) is 0 Å². The van der Waals surface area contributed by atoms with Gasteiger partial charge in [-0.15, -0.1) is 0 Å². The fourth-order valence-corrected chi connectivity index (χ4v) is 3.96. The number of hydrogen-bond donors (Lipinski definition) is 1. The number of thioether (sulfide) groups is 1. The van der Waals surface area contributed by atoms with E-state index in [1.54, 1.807) is 0 Å². The van der Waals surface area contributed by atoms with E-state index in [0.29, 0.717) is 6.04 Å². The number of nitrogens with one attached hydrogen (secondary N) is 1. The summed E-state index contributed by atoms with van der Waals surface area (Å²) >= 11 is 1.89. The van der Waals surface area contributed by atoms with Crippen molar-refractivity contribution in [3.05, 3.63) is 0 Å². The third-order valence-electron chi connectivity index (χ3n) is 4.32. The predicted molar refractivity (Wildman–Crippen MR) is 86.1 cm³/mol. The zero-order valence-electron chi connectivity index (χ0n) is 12.5. The second kappa shape index (κ2) is 8.15. The van der Waals surface area contributed by atoms with Crippen LogP contribution < -0.4 is 5.32 Å². The smallest absolute Gasteiger partial charge is 0.156 e. The Kier molecular flexibility index (Phi) is 6.51. The summed E-state index contributed by atoms with van der Waals surface area (Å²) in [6, 6.07) is 1.44. The van der Waals surface area contributed by atoms with Crippen molar-refractivity contribution in [2.24, 2.45) is 4.99 Å². The number of nitrogens with zero attached hydrogens (tertiary/aromatic N) is 2. The van der Waals surface area contributed by atoms with Crippen LogP contribution in [0.3, 0.4) is 0 Å². The van der Waals surface area contributed by atoms with Crippen molar-refractivity contribution in [1.29, 1.82) is 0 Å². The highest BCUT2D eigenvalue weighted by atomic mass is 32.2. The Balaban J connectivity index is 1.65. The normalized spacial score (nSPS) is 31.4. The molecule has 2 rings (SSSR count). The molecular formula is C15H29N3S. The molecule has 2 saturated heterocycles. The zero-order valence-corrected chi connectivity index (χ0v) is 13.3. The number of rotatable bonds is 5. The fraction of sp³-hybridized carbons (Fsp3) is 0.933.